The maximum Gasteiger partial charge on any atom is 0.228 e. The molecule has 5 nitrogen and oxygen atoms in total. The fourth-order valence-electron chi connectivity index (χ4n) is 3.10. The zero-order valence-corrected chi connectivity index (χ0v) is 17.3. The highest BCUT2D eigenvalue weighted by Gasteiger charge is 2.23. The molecule has 8 heteroatoms. The van der Waals surface area contributed by atoms with Gasteiger partial charge in [-0.25, -0.2) is 4.98 Å². The van der Waals surface area contributed by atoms with Crippen LogP contribution < -0.4 is 5.32 Å². The van der Waals surface area contributed by atoms with Crippen LogP contribution in [0.1, 0.15) is 25.0 Å². The van der Waals surface area contributed by atoms with E-state index in [4.69, 9.17) is 0 Å². The molecule has 1 aliphatic rings. The highest BCUT2D eigenvalue weighted by atomic mass is 35.5. The molecule has 0 spiro atoms. The van der Waals surface area contributed by atoms with Gasteiger partial charge in [-0.05, 0) is 50.9 Å². The predicted octanol–water partition coefficient (Wildman–Crippen LogP) is 3.44. The molecular formula is C18H26Cl2N4OS. The smallest absolute Gasteiger partial charge is 0.228 e. The Morgan fingerprint density at radius 3 is 2.77 bits per heavy atom. The zero-order chi connectivity index (χ0) is 16.8. The van der Waals surface area contributed by atoms with Crippen molar-refractivity contribution in [1.82, 2.24) is 20.2 Å². The van der Waals surface area contributed by atoms with Crippen molar-refractivity contribution >= 4 is 42.1 Å². The van der Waals surface area contributed by atoms with Crippen LogP contribution in [0.5, 0.6) is 0 Å². The Morgan fingerprint density at radius 1 is 1.35 bits per heavy atom. The summed E-state index contributed by atoms with van der Waals surface area (Å²) >= 11 is 1.57. The summed E-state index contributed by atoms with van der Waals surface area (Å²) in [4.78, 5) is 23.2. The molecule has 26 heavy (non-hydrogen) atoms. The summed E-state index contributed by atoms with van der Waals surface area (Å²) < 4.78 is 0. The van der Waals surface area contributed by atoms with E-state index in [2.05, 4.69) is 15.3 Å². The number of carbonyl (C=O) groups is 1. The minimum Gasteiger partial charge on any atom is -0.342 e. The van der Waals surface area contributed by atoms with Gasteiger partial charge in [0.25, 0.3) is 0 Å². The fourth-order valence-corrected chi connectivity index (χ4v) is 3.91. The van der Waals surface area contributed by atoms with Gasteiger partial charge in [0.15, 0.2) is 0 Å². The van der Waals surface area contributed by atoms with Gasteiger partial charge in [0.05, 0.1) is 12.1 Å². The number of rotatable bonds is 6. The molecule has 0 atom stereocenters. The Morgan fingerprint density at radius 2 is 2.12 bits per heavy atom. The first-order valence-corrected chi connectivity index (χ1v) is 9.41. The van der Waals surface area contributed by atoms with Crippen molar-refractivity contribution in [2.45, 2.75) is 25.7 Å². The summed E-state index contributed by atoms with van der Waals surface area (Å²) in [5.41, 5.74) is 1.87. The first-order chi connectivity index (χ1) is 11.8. The van der Waals surface area contributed by atoms with Crippen molar-refractivity contribution in [1.29, 1.82) is 0 Å². The number of carbonyl (C=O) groups excluding carboxylic acids is 1. The van der Waals surface area contributed by atoms with Crippen molar-refractivity contribution in [3.63, 3.8) is 0 Å². The number of hydrogen-bond donors (Lipinski definition) is 1. The van der Waals surface area contributed by atoms with Crippen LogP contribution in [0, 0.1) is 5.92 Å². The van der Waals surface area contributed by atoms with Crippen LogP contribution in [-0.2, 0) is 11.2 Å². The number of amides is 1. The number of hydrogen-bond acceptors (Lipinski definition) is 5. The van der Waals surface area contributed by atoms with Crippen LogP contribution >= 0.6 is 36.2 Å². The number of halogens is 2. The quantitative estimate of drug-likeness (QED) is 0.783. The Balaban J connectivity index is 0.00000169. The third-order valence-electron chi connectivity index (χ3n) is 4.56. The van der Waals surface area contributed by atoms with E-state index in [1.165, 1.54) is 6.42 Å². The second-order valence-corrected chi connectivity index (χ2v) is 7.14. The van der Waals surface area contributed by atoms with Gasteiger partial charge in [-0.1, -0.05) is 0 Å². The number of thiazole rings is 1. The van der Waals surface area contributed by atoms with Crippen LogP contribution in [0.2, 0.25) is 0 Å². The molecule has 1 fully saturated rings. The number of likely N-dealkylation sites (tertiary alicyclic amines) is 1. The maximum atomic E-state index is 12.5. The summed E-state index contributed by atoms with van der Waals surface area (Å²) in [5, 5.41) is 6.12. The lowest BCUT2D eigenvalue weighted by Gasteiger charge is -2.32. The monoisotopic (exact) mass is 416 g/mol. The standard InChI is InChI=1S/C18H24N4OS.2ClH/c1-19-8-4-14-5-9-22(10-6-14)17(23)11-16-13-24-18(21-16)15-3-2-7-20-12-15;;/h2-3,7,12-14,19H,4-6,8-11H2,1H3;2*1H. The molecule has 3 heterocycles. The maximum absolute atomic E-state index is 12.5. The third kappa shape index (κ3) is 6.20. The molecule has 144 valence electrons. The number of piperidine rings is 1. The summed E-state index contributed by atoms with van der Waals surface area (Å²) in [6.07, 6.45) is 7.40. The van der Waals surface area contributed by atoms with Crippen LogP contribution in [0.25, 0.3) is 10.6 Å². The molecule has 1 aliphatic heterocycles. The van der Waals surface area contributed by atoms with Gasteiger partial charge in [0.2, 0.25) is 5.91 Å². The minimum atomic E-state index is 0. The van der Waals surface area contributed by atoms with Crippen molar-refractivity contribution in [2.75, 3.05) is 26.7 Å². The van der Waals surface area contributed by atoms with Crippen molar-refractivity contribution in [2.24, 2.45) is 5.92 Å². The molecular weight excluding hydrogens is 391 g/mol. The largest absolute Gasteiger partial charge is 0.342 e. The first-order valence-electron chi connectivity index (χ1n) is 8.53. The first kappa shape index (κ1) is 22.8. The van der Waals surface area contributed by atoms with Crippen LogP contribution in [0.4, 0.5) is 0 Å². The lowest BCUT2D eigenvalue weighted by atomic mass is 9.93. The van der Waals surface area contributed by atoms with Gasteiger partial charge < -0.3 is 10.2 Å². The van der Waals surface area contributed by atoms with Gasteiger partial charge >= 0.3 is 0 Å². The summed E-state index contributed by atoms with van der Waals surface area (Å²) in [5.74, 6) is 0.947. The molecule has 1 saturated heterocycles. The number of pyridine rings is 1. The molecule has 0 bridgehead atoms. The van der Waals surface area contributed by atoms with E-state index >= 15 is 0 Å². The van der Waals surface area contributed by atoms with Crippen molar-refractivity contribution in [3.8, 4) is 10.6 Å². The highest BCUT2D eigenvalue weighted by molar-refractivity contribution is 7.13. The molecule has 0 radical (unpaired) electrons. The number of nitrogens with zero attached hydrogens (tertiary/aromatic N) is 3. The summed E-state index contributed by atoms with van der Waals surface area (Å²) in [6, 6.07) is 3.90. The lowest BCUT2D eigenvalue weighted by Crippen LogP contribution is -2.39. The van der Waals surface area contributed by atoms with E-state index in [0.717, 1.165) is 54.7 Å². The molecule has 0 unspecified atom stereocenters. The van der Waals surface area contributed by atoms with E-state index in [1.807, 2.05) is 29.5 Å². The van der Waals surface area contributed by atoms with E-state index in [9.17, 15) is 4.79 Å². The van der Waals surface area contributed by atoms with Crippen molar-refractivity contribution in [3.05, 3.63) is 35.6 Å². The molecule has 3 rings (SSSR count). The Bertz CT molecular complexity index is 660. The molecule has 0 saturated carbocycles. The Labute approximate surface area is 171 Å². The molecule has 0 aromatic carbocycles. The number of nitrogens with one attached hydrogen (secondary N) is 1. The van der Waals surface area contributed by atoms with Gasteiger partial charge in [-0.15, -0.1) is 36.2 Å². The van der Waals surface area contributed by atoms with E-state index < -0.39 is 0 Å². The molecule has 2 aromatic rings. The lowest BCUT2D eigenvalue weighted by molar-refractivity contribution is -0.131. The minimum absolute atomic E-state index is 0. The average Bonchev–Trinajstić information content (AvgIpc) is 3.09. The summed E-state index contributed by atoms with van der Waals surface area (Å²) in [7, 11) is 1.99. The Hall–Kier alpha value is -1.21. The second-order valence-electron chi connectivity index (χ2n) is 6.28. The Kier molecular flexibility index (Phi) is 10.1. The van der Waals surface area contributed by atoms with E-state index in [0.29, 0.717) is 6.42 Å². The van der Waals surface area contributed by atoms with Crippen LogP contribution in [0.15, 0.2) is 29.9 Å². The normalized spacial score (nSPS) is 14.4. The fraction of sp³-hybridized carbons (Fsp3) is 0.500. The second kappa shape index (κ2) is 11.5. The van der Waals surface area contributed by atoms with Crippen molar-refractivity contribution < 1.29 is 4.79 Å². The van der Waals surface area contributed by atoms with Gasteiger partial charge in [-0.2, -0.15) is 0 Å². The van der Waals surface area contributed by atoms with E-state index in [-0.39, 0.29) is 30.7 Å². The molecule has 0 aliphatic carbocycles. The zero-order valence-electron chi connectivity index (χ0n) is 14.9. The third-order valence-corrected chi connectivity index (χ3v) is 5.50. The van der Waals surface area contributed by atoms with E-state index in [1.54, 1.807) is 23.7 Å². The van der Waals surface area contributed by atoms with Crippen LogP contribution in [0.3, 0.4) is 0 Å². The summed E-state index contributed by atoms with van der Waals surface area (Å²) in [6.45, 7) is 2.83. The topological polar surface area (TPSA) is 58.1 Å². The molecule has 1 N–H and O–H groups in total. The predicted molar refractivity (Wildman–Crippen MR) is 111 cm³/mol. The highest BCUT2D eigenvalue weighted by Crippen LogP contribution is 2.24. The van der Waals surface area contributed by atoms with Gasteiger partial charge in [0, 0.05) is 36.4 Å². The average molecular weight is 417 g/mol. The van der Waals surface area contributed by atoms with Gasteiger partial charge in [0.1, 0.15) is 5.01 Å². The SMILES string of the molecule is CNCCC1CCN(C(=O)Cc2csc(-c3cccnc3)n2)CC1.Cl.Cl. The molecule has 2 aromatic heterocycles. The number of aromatic nitrogens is 2. The van der Waals surface area contributed by atoms with Crippen LogP contribution in [-0.4, -0.2) is 47.5 Å². The van der Waals surface area contributed by atoms with Gasteiger partial charge in [-0.3, -0.25) is 9.78 Å². The molecule has 1 amide bonds.